The van der Waals surface area contributed by atoms with Gasteiger partial charge in [-0.3, -0.25) is 18.8 Å². The highest BCUT2D eigenvalue weighted by atomic mass is 32.2. The highest BCUT2D eigenvalue weighted by Gasteiger charge is 2.27. The molecular formula is C19H26N4O4S. The number of hydrogen-bond acceptors (Lipinski definition) is 5. The lowest BCUT2D eigenvalue weighted by Gasteiger charge is -2.22. The summed E-state index contributed by atoms with van der Waals surface area (Å²) in [6.45, 7) is 4.40. The fourth-order valence-electron chi connectivity index (χ4n) is 3.36. The van der Waals surface area contributed by atoms with Crippen LogP contribution in [0.4, 0.5) is 0 Å². The molecule has 0 amide bonds. The molecule has 1 aromatic carbocycles. The van der Waals surface area contributed by atoms with Gasteiger partial charge in [-0.15, -0.1) is 0 Å². The van der Waals surface area contributed by atoms with Crippen molar-refractivity contribution in [2.24, 2.45) is 14.1 Å². The van der Waals surface area contributed by atoms with Gasteiger partial charge < -0.3 is 0 Å². The normalized spacial score (nSPS) is 16.8. The average molecular weight is 407 g/mol. The van der Waals surface area contributed by atoms with Crippen LogP contribution in [0.15, 0.2) is 44.8 Å². The number of sulfonamides is 1. The summed E-state index contributed by atoms with van der Waals surface area (Å²) in [5.74, 6) is 0. The third-order valence-electron chi connectivity index (χ3n) is 5.22. The predicted octanol–water partition coefficient (Wildman–Crippen LogP) is 0.289. The van der Waals surface area contributed by atoms with Crippen LogP contribution in [-0.2, 0) is 30.7 Å². The Bertz CT molecular complexity index is 1070. The molecule has 2 heterocycles. The Balaban J connectivity index is 1.75. The van der Waals surface area contributed by atoms with Gasteiger partial charge in [0.25, 0.3) is 5.56 Å². The Morgan fingerprint density at radius 2 is 1.61 bits per heavy atom. The molecule has 28 heavy (non-hydrogen) atoms. The van der Waals surface area contributed by atoms with E-state index in [0.29, 0.717) is 49.7 Å². The molecule has 152 valence electrons. The van der Waals surface area contributed by atoms with E-state index in [0.717, 1.165) is 10.1 Å². The molecule has 3 rings (SSSR count). The molecule has 0 unspecified atom stereocenters. The molecule has 0 radical (unpaired) electrons. The summed E-state index contributed by atoms with van der Waals surface area (Å²) in [6, 6.07) is 8.35. The Morgan fingerprint density at radius 1 is 0.929 bits per heavy atom. The minimum atomic E-state index is -3.53. The quantitative estimate of drug-likeness (QED) is 0.729. The van der Waals surface area contributed by atoms with Gasteiger partial charge in [0, 0.05) is 52.0 Å². The second-order valence-corrected chi connectivity index (χ2v) is 9.16. The molecule has 8 nitrogen and oxygen atoms in total. The second kappa shape index (κ2) is 8.02. The van der Waals surface area contributed by atoms with Gasteiger partial charge in [-0.25, -0.2) is 13.2 Å². The minimum absolute atomic E-state index is 0.306. The fraction of sp³-hybridized carbons (Fsp3) is 0.474. The largest absolute Gasteiger partial charge is 0.330 e. The van der Waals surface area contributed by atoms with Gasteiger partial charge in [-0.2, -0.15) is 4.31 Å². The highest BCUT2D eigenvalue weighted by Crippen LogP contribution is 2.18. The van der Waals surface area contributed by atoms with E-state index in [4.69, 9.17) is 0 Å². The van der Waals surface area contributed by atoms with Crippen molar-refractivity contribution < 1.29 is 8.42 Å². The summed E-state index contributed by atoms with van der Waals surface area (Å²) in [4.78, 5) is 26.4. The number of rotatable bonds is 4. The van der Waals surface area contributed by atoms with E-state index < -0.39 is 10.0 Å². The van der Waals surface area contributed by atoms with Gasteiger partial charge in [-0.1, -0.05) is 17.7 Å². The van der Waals surface area contributed by atoms with Gasteiger partial charge in [0.05, 0.1) is 4.90 Å². The van der Waals surface area contributed by atoms with Gasteiger partial charge in [0.2, 0.25) is 10.0 Å². The van der Waals surface area contributed by atoms with Crippen LogP contribution in [0, 0.1) is 6.92 Å². The van der Waals surface area contributed by atoms with Crippen LogP contribution < -0.4 is 11.2 Å². The number of aromatic nitrogens is 2. The maximum absolute atomic E-state index is 12.9. The molecule has 0 N–H and O–H groups in total. The first-order chi connectivity index (χ1) is 13.2. The molecule has 2 aromatic rings. The van der Waals surface area contributed by atoms with Crippen LogP contribution in [0.5, 0.6) is 0 Å². The lowest BCUT2D eigenvalue weighted by Crippen LogP contribution is -2.40. The molecule has 1 aliphatic rings. The zero-order chi connectivity index (χ0) is 20.5. The van der Waals surface area contributed by atoms with Crippen molar-refractivity contribution in [1.82, 2.24) is 18.3 Å². The first-order valence-electron chi connectivity index (χ1n) is 9.25. The van der Waals surface area contributed by atoms with E-state index in [9.17, 15) is 18.0 Å². The van der Waals surface area contributed by atoms with Crippen LogP contribution in [0.1, 0.15) is 17.7 Å². The lowest BCUT2D eigenvalue weighted by atomic mass is 10.2. The van der Waals surface area contributed by atoms with E-state index in [-0.39, 0.29) is 11.2 Å². The van der Waals surface area contributed by atoms with Crippen molar-refractivity contribution in [2.75, 3.05) is 26.2 Å². The fourth-order valence-corrected chi connectivity index (χ4v) is 4.83. The number of aryl methyl sites for hydroxylation is 1. The number of hydrogen-bond donors (Lipinski definition) is 0. The molecule has 1 aliphatic heterocycles. The van der Waals surface area contributed by atoms with Crippen molar-refractivity contribution in [3.63, 3.8) is 0 Å². The Morgan fingerprint density at radius 3 is 2.29 bits per heavy atom. The summed E-state index contributed by atoms with van der Waals surface area (Å²) in [6.07, 6.45) is 0.684. The number of nitrogens with zero attached hydrogens (tertiary/aromatic N) is 4. The van der Waals surface area contributed by atoms with E-state index >= 15 is 0 Å². The zero-order valence-electron chi connectivity index (χ0n) is 16.5. The first-order valence-corrected chi connectivity index (χ1v) is 10.7. The zero-order valence-corrected chi connectivity index (χ0v) is 17.3. The van der Waals surface area contributed by atoms with Crippen molar-refractivity contribution >= 4 is 10.0 Å². The van der Waals surface area contributed by atoms with Crippen molar-refractivity contribution in [2.45, 2.75) is 24.8 Å². The Hall–Kier alpha value is -2.23. The van der Waals surface area contributed by atoms with E-state index in [1.807, 2.05) is 6.92 Å². The molecule has 1 aromatic heterocycles. The molecule has 0 bridgehead atoms. The molecule has 0 atom stereocenters. The third-order valence-corrected chi connectivity index (χ3v) is 7.13. The third kappa shape index (κ3) is 4.11. The molecule has 0 spiro atoms. The minimum Gasteiger partial charge on any atom is -0.299 e. The summed E-state index contributed by atoms with van der Waals surface area (Å²) >= 11 is 0. The smallest absolute Gasteiger partial charge is 0.299 e. The SMILES string of the molecule is Cc1ccc(S(=O)(=O)N2CCCN(Cc3cc(=O)n(C)c(=O)n3C)CC2)cc1. The molecule has 0 saturated carbocycles. The first kappa shape index (κ1) is 20.5. The maximum atomic E-state index is 12.9. The van der Waals surface area contributed by atoms with Crippen molar-refractivity contribution in [3.05, 3.63) is 62.4 Å². The maximum Gasteiger partial charge on any atom is 0.330 e. The van der Waals surface area contributed by atoms with Crippen LogP contribution in [0.25, 0.3) is 0 Å². The monoisotopic (exact) mass is 406 g/mol. The summed E-state index contributed by atoms with van der Waals surface area (Å²) in [5.41, 5.74) is 0.945. The molecule has 1 fully saturated rings. The van der Waals surface area contributed by atoms with Crippen molar-refractivity contribution in [3.8, 4) is 0 Å². The molecule has 0 aliphatic carbocycles. The van der Waals surface area contributed by atoms with Gasteiger partial charge in [-0.05, 0) is 32.0 Å². The topological polar surface area (TPSA) is 84.6 Å². The average Bonchev–Trinajstić information content (AvgIpc) is 2.91. The van der Waals surface area contributed by atoms with Crippen LogP contribution in [-0.4, -0.2) is 52.9 Å². The summed E-state index contributed by atoms with van der Waals surface area (Å²) in [5, 5.41) is 0. The lowest BCUT2D eigenvalue weighted by molar-refractivity contribution is 0.270. The van der Waals surface area contributed by atoms with Gasteiger partial charge in [0.1, 0.15) is 0 Å². The molecule has 9 heteroatoms. The Kier molecular flexibility index (Phi) is 5.87. The number of benzene rings is 1. The van der Waals surface area contributed by atoms with E-state index in [2.05, 4.69) is 4.90 Å². The van der Waals surface area contributed by atoms with Crippen LogP contribution in [0.3, 0.4) is 0 Å². The van der Waals surface area contributed by atoms with Gasteiger partial charge >= 0.3 is 5.69 Å². The predicted molar refractivity (Wildman–Crippen MR) is 107 cm³/mol. The molecular weight excluding hydrogens is 380 g/mol. The molecule has 1 saturated heterocycles. The highest BCUT2D eigenvalue weighted by molar-refractivity contribution is 7.89. The van der Waals surface area contributed by atoms with Gasteiger partial charge in [0.15, 0.2) is 0 Å². The standard InChI is InChI=1S/C19H26N4O4S/c1-15-5-7-17(8-6-15)28(26,27)23-10-4-9-22(11-12-23)14-16-13-18(24)21(3)19(25)20(16)2/h5-8,13H,4,9-12,14H2,1-3H3. The summed E-state index contributed by atoms with van der Waals surface area (Å²) < 4.78 is 29.9. The summed E-state index contributed by atoms with van der Waals surface area (Å²) in [7, 11) is -0.433. The second-order valence-electron chi connectivity index (χ2n) is 7.22. The van der Waals surface area contributed by atoms with Crippen LogP contribution >= 0.6 is 0 Å². The van der Waals surface area contributed by atoms with E-state index in [1.165, 1.54) is 22.0 Å². The van der Waals surface area contributed by atoms with E-state index in [1.54, 1.807) is 31.3 Å². The Labute approximate surface area is 164 Å². The van der Waals surface area contributed by atoms with Crippen molar-refractivity contribution in [1.29, 1.82) is 0 Å². The van der Waals surface area contributed by atoms with Crippen LogP contribution in [0.2, 0.25) is 0 Å².